The topological polar surface area (TPSA) is 32.8 Å². The summed E-state index contributed by atoms with van der Waals surface area (Å²) in [5.41, 5.74) is 0. The van der Waals surface area contributed by atoms with E-state index in [4.69, 9.17) is 4.74 Å². The molecule has 100 valence electrons. The minimum Gasteiger partial charge on any atom is -0.484 e. The molecule has 1 rings (SSSR count). The largest absolute Gasteiger partial charge is 0.484 e. The smallest absolute Gasteiger partial charge is 0.260 e. The van der Waals surface area contributed by atoms with E-state index in [-0.39, 0.29) is 12.5 Å². The number of halogens is 1. The molecule has 1 fully saturated rings. The Hall–Kier alpha value is -1.07. The van der Waals surface area contributed by atoms with Gasteiger partial charge in [0.1, 0.15) is 5.76 Å². The number of carbonyl (C=O) groups excluding carboxylic acids is 1. The highest BCUT2D eigenvalue weighted by atomic mass is 79.9. The average Bonchev–Trinajstić information content (AvgIpc) is 2.34. The summed E-state index contributed by atoms with van der Waals surface area (Å²) in [5.74, 6) is 0.466. The van der Waals surface area contributed by atoms with E-state index in [9.17, 15) is 4.79 Å². The van der Waals surface area contributed by atoms with Crippen molar-refractivity contribution in [3.63, 3.8) is 0 Å². The van der Waals surface area contributed by atoms with Crippen LogP contribution in [0.1, 0.15) is 0 Å². The van der Waals surface area contributed by atoms with Crippen LogP contribution in [0.15, 0.2) is 35.6 Å². The standard InChI is InChI=1S/C13H19BrN2O2/c1-11(14)4-5-12(2)18-10-13(17)16-8-6-15(3)7-9-16/h4-5H,1-2,6-10H2,3H3/b5-4-. The Labute approximate surface area is 117 Å². The van der Waals surface area contributed by atoms with E-state index in [0.717, 1.165) is 30.7 Å². The molecule has 1 saturated heterocycles. The fourth-order valence-corrected chi connectivity index (χ4v) is 1.67. The molecule has 0 aromatic rings. The Morgan fingerprint density at radius 3 is 2.44 bits per heavy atom. The van der Waals surface area contributed by atoms with Crippen LogP contribution in [0, 0.1) is 0 Å². The molecular weight excluding hydrogens is 296 g/mol. The van der Waals surface area contributed by atoms with Gasteiger partial charge >= 0.3 is 0 Å². The van der Waals surface area contributed by atoms with E-state index in [0.29, 0.717) is 5.76 Å². The van der Waals surface area contributed by atoms with Crippen molar-refractivity contribution in [1.29, 1.82) is 0 Å². The summed E-state index contributed by atoms with van der Waals surface area (Å²) in [7, 11) is 2.05. The number of hydrogen-bond acceptors (Lipinski definition) is 3. The number of hydrogen-bond donors (Lipinski definition) is 0. The molecule has 1 heterocycles. The van der Waals surface area contributed by atoms with Crippen molar-refractivity contribution < 1.29 is 9.53 Å². The van der Waals surface area contributed by atoms with Gasteiger partial charge in [-0.3, -0.25) is 4.79 Å². The Balaban J connectivity index is 2.28. The number of rotatable bonds is 5. The summed E-state index contributed by atoms with van der Waals surface area (Å²) >= 11 is 3.19. The van der Waals surface area contributed by atoms with Crippen LogP contribution >= 0.6 is 15.9 Å². The third kappa shape index (κ3) is 5.51. The fourth-order valence-electron chi connectivity index (χ4n) is 1.53. The number of piperazine rings is 1. The van der Waals surface area contributed by atoms with E-state index in [1.54, 1.807) is 12.2 Å². The molecule has 4 nitrogen and oxygen atoms in total. The van der Waals surface area contributed by atoms with Crippen molar-refractivity contribution in [2.45, 2.75) is 0 Å². The fraction of sp³-hybridized carbons (Fsp3) is 0.462. The van der Waals surface area contributed by atoms with E-state index in [1.165, 1.54) is 0 Å². The lowest BCUT2D eigenvalue weighted by Crippen LogP contribution is -2.48. The Morgan fingerprint density at radius 2 is 1.89 bits per heavy atom. The molecule has 0 aliphatic carbocycles. The number of ether oxygens (including phenoxy) is 1. The predicted molar refractivity (Wildman–Crippen MR) is 76.4 cm³/mol. The van der Waals surface area contributed by atoms with Gasteiger partial charge in [0.05, 0.1) is 0 Å². The first-order valence-electron chi connectivity index (χ1n) is 5.79. The molecule has 0 N–H and O–H groups in total. The average molecular weight is 315 g/mol. The number of likely N-dealkylation sites (N-methyl/N-ethyl adjacent to an activating group) is 1. The van der Waals surface area contributed by atoms with Crippen molar-refractivity contribution in [2.75, 3.05) is 39.8 Å². The van der Waals surface area contributed by atoms with E-state index in [2.05, 4.69) is 41.0 Å². The van der Waals surface area contributed by atoms with E-state index in [1.807, 2.05) is 4.90 Å². The van der Waals surface area contributed by atoms with E-state index >= 15 is 0 Å². The Kier molecular flexibility index (Phi) is 6.15. The number of carbonyl (C=O) groups is 1. The molecule has 1 aliphatic rings. The zero-order valence-corrected chi connectivity index (χ0v) is 12.3. The molecule has 1 amide bonds. The van der Waals surface area contributed by atoms with Gasteiger partial charge in [-0.25, -0.2) is 0 Å². The number of nitrogens with zero attached hydrogens (tertiary/aromatic N) is 2. The first-order chi connectivity index (χ1) is 8.49. The third-order valence-corrected chi connectivity index (χ3v) is 2.95. The first-order valence-corrected chi connectivity index (χ1v) is 6.59. The minimum absolute atomic E-state index is 0.00955. The van der Waals surface area contributed by atoms with Crippen molar-refractivity contribution >= 4 is 21.8 Å². The van der Waals surface area contributed by atoms with Crippen LogP contribution in [0.4, 0.5) is 0 Å². The van der Waals surface area contributed by atoms with Crippen LogP contribution in [-0.4, -0.2) is 55.5 Å². The number of amides is 1. The molecule has 0 atom stereocenters. The van der Waals surface area contributed by atoms with E-state index < -0.39 is 0 Å². The monoisotopic (exact) mass is 314 g/mol. The molecule has 0 spiro atoms. The van der Waals surface area contributed by atoms with Gasteiger partial charge in [0.15, 0.2) is 6.61 Å². The molecule has 0 radical (unpaired) electrons. The zero-order valence-electron chi connectivity index (χ0n) is 10.7. The van der Waals surface area contributed by atoms with Crippen molar-refractivity contribution in [1.82, 2.24) is 9.80 Å². The maximum Gasteiger partial charge on any atom is 0.260 e. The number of allylic oxidation sites excluding steroid dienone is 3. The van der Waals surface area contributed by atoms with Crippen LogP contribution in [0.5, 0.6) is 0 Å². The molecule has 0 bridgehead atoms. The lowest BCUT2D eigenvalue weighted by molar-refractivity contribution is -0.136. The van der Waals surface area contributed by atoms with Crippen molar-refractivity contribution in [3.05, 3.63) is 35.6 Å². The van der Waals surface area contributed by atoms with Crippen LogP contribution in [-0.2, 0) is 9.53 Å². The highest BCUT2D eigenvalue weighted by Crippen LogP contribution is 2.06. The van der Waals surface area contributed by atoms with Crippen LogP contribution in [0.25, 0.3) is 0 Å². The first kappa shape index (κ1) is 15.0. The Bertz CT molecular complexity index is 358. The summed E-state index contributed by atoms with van der Waals surface area (Å²) in [6.07, 6.45) is 3.40. The van der Waals surface area contributed by atoms with Gasteiger partial charge in [-0.1, -0.05) is 29.1 Å². The second-order valence-corrected chi connectivity index (χ2v) is 5.24. The minimum atomic E-state index is 0.00955. The quantitative estimate of drug-likeness (QED) is 0.572. The molecule has 0 aromatic carbocycles. The van der Waals surface area contributed by atoms with Gasteiger partial charge in [0.2, 0.25) is 0 Å². The predicted octanol–water partition coefficient (Wildman–Crippen LogP) is 1.76. The SMILES string of the molecule is C=C(Br)/C=C\C(=C)OCC(=O)N1CCN(C)CC1. The molecule has 0 saturated carbocycles. The summed E-state index contributed by atoms with van der Waals surface area (Å²) < 4.78 is 6.02. The molecule has 1 aliphatic heterocycles. The summed E-state index contributed by atoms with van der Waals surface area (Å²) in [6, 6.07) is 0. The lowest BCUT2D eigenvalue weighted by atomic mass is 10.3. The van der Waals surface area contributed by atoms with Crippen LogP contribution in [0.2, 0.25) is 0 Å². The van der Waals surface area contributed by atoms with Crippen LogP contribution < -0.4 is 0 Å². The highest BCUT2D eigenvalue weighted by molar-refractivity contribution is 9.11. The van der Waals surface area contributed by atoms with Crippen molar-refractivity contribution in [2.24, 2.45) is 0 Å². The van der Waals surface area contributed by atoms with Gasteiger partial charge in [0, 0.05) is 30.7 Å². The second-order valence-electron chi connectivity index (χ2n) is 4.22. The summed E-state index contributed by atoms with van der Waals surface area (Å²) in [4.78, 5) is 15.9. The van der Waals surface area contributed by atoms with Gasteiger partial charge < -0.3 is 14.5 Å². The maximum absolute atomic E-state index is 11.8. The van der Waals surface area contributed by atoms with Gasteiger partial charge in [-0.05, 0) is 19.2 Å². The summed E-state index contributed by atoms with van der Waals surface area (Å²) in [5, 5.41) is 0. The molecular formula is C13H19BrN2O2. The molecule has 18 heavy (non-hydrogen) atoms. The normalized spacial score (nSPS) is 16.9. The molecule has 0 unspecified atom stereocenters. The van der Waals surface area contributed by atoms with Gasteiger partial charge in [-0.2, -0.15) is 0 Å². The highest BCUT2D eigenvalue weighted by Gasteiger charge is 2.18. The molecule has 5 heteroatoms. The second kappa shape index (κ2) is 7.38. The van der Waals surface area contributed by atoms with Crippen LogP contribution in [0.3, 0.4) is 0 Å². The van der Waals surface area contributed by atoms with Crippen molar-refractivity contribution in [3.8, 4) is 0 Å². The Morgan fingerprint density at radius 1 is 1.28 bits per heavy atom. The van der Waals surface area contributed by atoms with Gasteiger partial charge in [-0.15, -0.1) is 0 Å². The zero-order chi connectivity index (χ0) is 13.5. The maximum atomic E-state index is 11.8. The third-order valence-electron chi connectivity index (χ3n) is 2.69. The molecule has 0 aromatic heterocycles. The lowest BCUT2D eigenvalue weighted by Gasteiger charge is -2.32. The van der Waals surface area contributed by atoms with Gasteiger partial charge in [0.25, 0.3) is 5.91 Å². The summed E-state index contributed by atoms with van der Waals surface area (Å²) in [6.45, 7) is 10.8.